The molecule has 0 saturated heterocycles. The monoisotopic (exact) mass is 295 g/mol. The summed E-state index contributed by atoms with van der Waals surface area (Å²) in [6.07, 6.45) is 1.77. The highest BCUT2D eigenvalue weighted by Crippen LogP contribution is 2.20. The lowest BCUT2D eigenvalue weighted by Gasteiger charge is -2.09. The Morgan fingerprint density at radius 2 is 2.21 bits per heavy atom. The van der Waals surface area contributed by atoms with Gasteiger partial charge in [0.15, 0.2) is 0 Å². The van der Waals surface area contributed by atoms with Crippen LogP contribution in [0.5, 0.6) is 0 Å². The molecule has 0 atom stereocenters. The first kappa shape index (κ1) is 13.8. The molecular weight excluding hydrogens is 282 g/mol. The number of thiazole rings is 1. The van der Waals surface area contributed by atoms with Crippen molar-refractivity contribution in [3.05, 3.63) is 44.9 Å². The molecule has 0 aliphatic carbocycles. The molecule has 6 heteroatoms. The number of aromatic nitrogens is 1. The maximum absolute atomic E-state index is 11.8. The zero-order valence-corrected chi connectivity index (χ0v) is 12.2. The number of anilines is 1. The number of urea groups is 1. The zero-order chi connectivity index (χ0) is 13.8. The molecule has 0 spiro atoms. The molecular formula is C13H14ClN3OS. The van der Waals surface area contributed by atoms with Crippen molar-refractivity contribution in [1.82, 2.24) is 10.3 Å². The van der Waals surface area contributed by atoms with Gasteiger partial charge in [0, 0.05) is 21.8 Å². The number of amides is 2. The minimum Gasteiger partial charge on any atom is -0.333 e. The molecule has 2 rings (SSSR count). The van der Waals surface area contributed by atoms with Gasteiger partial charge < -0.3 is 10.6 Å². The third-order valence-corrected chi connectivity index (χ3v) is 3.69. The highest BCUT2D eigenvalue weighted by atomic mass is 35.5. The fourth-order valence-electron chi connectivity index (χ4n) is 1.55. The Bertz CT molecular complexity index is 597. The normalized spacial score (nSPS) is 10.3. The Hall–Kier alpha value is -1.59. The predicted molar refractivity (Wildman–Crippen MR) is 78.9 cm³/mol. The maximum atomic E-state index is 11.8. The molecule has 2 aromatic rings. The van der Waals surface area contributed by atoms with Crippen molar-refractivity contribution in [3.8, 4) is 0 Å². The summed E-state index contributed by atoms with van der Waals surface area (Å²) in [5.74, 6) is 0. The quantitative estimate of drug-likeness (QED) is 0.906. The van der Waals surface area contributed by atoms with Crippen LogP contribution in [-0.4, -0.2) is 11.0 Å². The topological polar surface area (TPSA) is 54.0 Å². The van der Waals surface area contributed by atoms with Gasteiger partial charge in [-0.1, -0.05) is 17.7 Å². The van der Waals surface area contributed by atoms with Crippen LogP contribution in [0.15, 0.2) is 24.4 Å². The van der Waals surface area contributed by atoms with Crippen molar-refractivity contribution >= 4 is 34.7 Å². The molecule has 2 amide bonds. The Kier molecular flexibility index (Phi) is 4.39. The molecule has 0 fully saturated rings. The molecule has 0 aliphatic heterocycles. The molecule has 19 heavy (non-hydrogen) atoms. The molecule has 0 aliphatic rings. The molecule has 1 heterocycles. The molecule has 0 radical (unpaired) electrons. The second-order valence-electron chi connectivity index (χ2n) is 4.11. The number of rotatable bonds is 3. The summed E-state index contributed by atoms with van der Waals surface area (Å²) < 4.78 is 0. The molecule has 0 saturated carbocycles. The molecule has 0 bridgehead atoms. The molecule has 0 unspecified atom stereocenters. The van der Waals surface area contributed by atoms with E-state index in [4.69, 9.17) is 11.6 Å². The average molecular weight is 296 g/mol. The van der Waals surface area contributed by atoms with Crippen molar-refractivity contribution in [2.75, 3.05) is 5.32 Å². The molecule has 4 nitrogen and oxygen atoms in total. The number of carbonyl (C=O) groups is 1. The number of benzene rings is 1. The van der Waals surface area contributed by atoms with Crippen LogP contribution < -0.4 is 10.6 Å². The Labute approximate surface area is 120 Å². The summed E-state index contributed by atoms with van der Waals surface area (Å²) in [5, 5.41) is 7.15. The SMILES string of the molecule is Cc1ncc(CNC(=O)Nc2cc(Cl)ccc2C)s1. The van der Waals surface area contributed by atoms with E-state index in [1.165, 1.54) is 0 Å². The van der Waals surface area contributed by atoms with E-state index in [1.54, 1.807) is 29.7 Å². The van der Waals surface area contributed by atoms with Crippen molar-refractivity contribution in [2.24, 2.45) is 0 Å². The van der Waals surface area contributed by atoms with E-state index in [0.29, 0.717) is 17.3 Å². The minimum absolute atomic E-state index is 0.253. The Balaban J connectivity index is 1.92. The van der Waals surface area contributed by atoms with E-state index in [9.17, 15) is 4.79 Å². The van der Waals surface area contributed by atoms with Gasteiger partial charge in [0.05, 0.1) is 11.6 Å². The number of nitrogens with one attached hydrogen (secondary N) is 2. The zero-order valence-electron chi connectivity index (χ0n) is 10.7. The van der Waals surface area contributed by atoms with Crippen LogP contribution in [0.1, 0.15) is 15.4 Å². The second-order valence-corrected chi connectivity index (χ2v) is 5.87. The van der Waals surface area contributed by atoms with Gasteiger partial charge in [0.1, 0.15) is 0 Å². The Morgan fingerprint density at radius 1 is 1.42 bits per heavy atom. The first-order valence-electron chi connectivity index (χ1n) is 5.77. The predicted octanol–water partition coefficient (Wildman–Crippen LogP) is 3.74. The number of hydrogen-bond donors (Lipinski definition) is 2. The summed E-state index contributed by atoms with van der Waals surface area (Å²) >= 11 is 7.46. The van der Waals surface area contributed by atoms with E-state index < -0.39 is 0 Å². The largest absolute Gasteiger partial charge is 0.333 e. The van der Waals surface area contributed by atoms with Gasteiger partial charge in [-0.3, -0.25) is 0 Å². The highest BCUT2D eigenvalue weighted by molar-refractivity contribution is 7.11. The first-order valence-corrected chi connectivity index (χ1v) is 6.96. The lowest BCUT2D eigenvalue weighted by molar-refractivity contribution is 0.252. The number of aryl methyl sites for hydroxylation is 2. The summed E-state index contributed by atoms with van der Waals surface area (Å²) in [6.45, 7) is 4.32. The summed E-state index contributed by atoms with van der Waals surface area (Å²) in [4.78, 5) is 16.9. The van der Waals surface area contributed by atoms with Gasteiger partial charge in [-0.2, -0.15) is 0 Å². The fourth-order valence-corrected chi connectivity index (χ4v) is 2.46. The van der Waals surface area contributed by atoms with E-state index in [-0.39, 0.29) is 6.03 Å². The van der Waals surface area contributed by atoms with Crippen LogP contribution in [0.25, 0.3) is 0 Å². The van der Waals surface area contributed by atoms with Crippen molar-refractivity contribution in [2.45, 2.75) is 20.4 Å². The number of nitrogens with zero attached hydrogens (tertiary/aromatic N) is 1. The minimum atomic E-state index is -0.253. The van der Waals surface area contributed by atoms with Crippen LogP contribution in [0, 0.1) is 13.8 Å². The number of hydrogen-bond acceptors (Lipinski definition) is 3. The van der Waals surface area contributed by atoms with E-state index in [0.717, 1.165) is 15.4 Å². The van der Waals surface area contributed by atoms with Crippen LogP contribution in [0.4, 0.5) is 10.5 Å². The van der Waals surface area contributed by atoms with Gasteiger partial charge in [-0.25, -0.2) is 9.78 Å². The van der Waals surface area contributed by atoms with Gasteiger partial charge in [0.2, 0.25) is 0 Å². The molecule has 1 aromatic carbocycles. The molecule has 100 valence electrons. The number of halogens is 1. The smallest absolute Gasteiger partial charge is 0.319 e. The summed E-state index contributed by atoms with van der Waals surface area (Å²) in [5.41, 5.74) is 1.68. The summed E-state index contributed by atoms with van der Waals surface area (Å²) in [6, 6.07) is 5.13. The van der Waals surface area contributed by atoms with Crippen molar-refractivity contribution in [1.29, 1.82) is 0 Å². The average Bonchev–Trinajstić information content (AvgIpc) is 2.77. The van der Waals surface area contributed by atoms with Crippen LogP contribution in [0.2, 0.25) is 5.02 Å². The van der Waals surface area contributed by atoms with Gasteiger partial charge >= 0.3 is 6.03 Å². The highest BCUT2D eigenvalue weighted by Gasteiger charge is 2.06. The third kappa shape index (κ3) is 3.94. The van der Waals surface area contributed by atoms with E-state index in [1.807, 2.05) is 19.9 Å². The van der Waals surface area contributed by atoms with Crippen LogP contribution >= 0.6 is 22.9 Å². The van der Waals surface area contributed by atoms with E-state index in [2.05, 4.69) is 15.6 Å². The van der Waals surface area contributed by atoms with E-state index >= 15 is 0 Å². The third-order valence-electron chi connectivity index (χ3n) is 2.54. The summed E-state index contributed by atoms with van der Waals surface area (Å²) in [7, 11) is 0. The first-order chi connectivity index (χ1) is 9.04. The lowest BCUT2D eigenvalue weighted by Crippen LogP contribution is -2.28. The maximum Gasteiger partial charge on any atom is 0.319 e. The van der Waals surface area contributed by atoms with Crippen LogP contribution in [-0.2, 0) is 6.54 Å². The number of carbonyl (C=O) groups excluding carboxylic acids is 1. The Morgan fingerprint density at radius 3 is 2.89 bits per heavy atom. The molecule has 1 aromatic heterocycles. The van der Waals surface area contributed by atoms with Gasteiger partial charge in [0.25, 0.3) is 0 Å². The molecule has 2 N–H and O–H groups in total. The lowest BCUT2D eigenvalue weighted by atomic mass is 10.2. The standard InChI is InChI=1S/C13H14ClN3OS/c1-8-3-4-10(14)5-12(8)17-13(18)16-7-11-6-15-9(2)19-11/h3-6H,7H2,1-2H3,(H2,16,17,18). The van der Waals surface area contributed by atoms with Gasteiger partial charge in [-0.15, -0.1) is 11.3 Å². The fraction of sp³-hybridized carbons (Fsp3) is 0.231. The van der Waals surface area contributed by atoms with Gasteiger partial charge in [-0.05, 0) is 31.5 Å². The van der Waals surface area contributed by atoms with Crippen molar-refractivity contribution < 1.29 is 4.79 Å². The van der Waals surface area contributed by atoms with Crippen molar-refractivity contribution in [3.63, 3.8) is 0 Å². The second kappa shape index (κ2) is 6.04. The van der Waals surface area contributed by atoms with Crippen LogP contribution in [0.3, 0.4) is 0 Å².